The molecule has 0 aliphatic heterocycles. The van der Waals surface area contributed by atoms with Gasteiger partial charge in [0.05, 0.1) is 18.4 Å². The maximum Gasteiger partial charge on any atom is 0.155 e. The minimum Gasteiger partial charge on any atom is -0.377 e. The van der Waals surface area contributed by atoms with E-state index in [4.69, 9.17) is 4.74 Å². The van der Waals surface area contributed by atoms with E-state index in [-0.39, 0.29) is 0 Å². The van der Waals surface area contributed by atoms with Gasteiger partial charge < -0.3 is 10.1 Å². The molecule has 0 radical (unpaired) electrons. The first-order valence-electron chi connectivity index (χ1n) is 7.44. The van der Waals surface area contributed by atoms with Crippen LogP contribution in [0.3, 0.4) is 0 Å². The van der Waals surface area contributed by atoms with Crippen molar-refractivity contribution in [2.75, 3.05) is 13.2 Å². The molecule has 3 rings (SSSR count). The predicted octanol–water partition coefficient (Wildman–Crippen LogP) is 2.09. The first-order valence-corrected chi connectivity index (χ1v) is 7.44. The first-order chi connectivity index (χ1) is 9.81. The molecule has 5 nitrogen and oxygen atoms in total. The van der Waals surface area contributed by atoms with E-state index < -0.39 is 0 Å². The van der Waals surface area contributed by atoms with E-state index in [9.17, 15) is 0 Å². The normalized spacial score (nSPS) is 16.2. The van der Waals surface area contributed by atoms with E-state index in [1.165, 1.54) is 25.7 Å². The Hall–Kier alpha value is -1.46. The number of ether oxygens (including phenoxy) is 1. The highest BCUT2D eigenvalue weighted by atomic mass is 16.5. The van der Waals surface area contributed by atoms with Crippen molar-refractivity contribution < 1.29 is 4.74 Å². The Bertz CT molecular complexity index is 560. The molecule has 0 unspecified atom stereocenters. The lowest BCUT2D eigenvalue weighted by molar-refractivity contribution is 0.0602. The number of nitrogens with zero attached hydrogens (tertiary/aromatic N) is 3. The van der Waals surface area contributed by atoms with Gasteiger partial charge in [0.1, 0.15) is 0 Å². The van der Waals surface area contributed by atoms with Gasteiger partial charge in [-0.2, -0.15) is 5.10 Å². The highest BCUT2D eigenvalue weighted by Crippen LogP contribution is 2.20. The second-order valence-corrected chi connectivity index (χ2v) is 5.50. The summed E-state index contributed by atoms with van der Waals surface area (Å²) >= 11 is 0. The maximum absolute atomic E-state index is 5.82. The summed E-state index contributed by atoms with van der Waals surface area (Å²) in [5.41, 5.74) is 3.03. The molecule has 108 valence electrons. The Kier molecular flexibility index (Phi) is 4.28. The van der Waals surface area contributed by atoms with Crippen LogP contribution in [0.5, 0.6) is 0 Å². The van der Waals surface area contributed by atoms with Crippen molar-refractivity contribution in [3.63, 3.8) is 0 Å². The SMILES string of the molecule is Cc1cc2ncc(CNCCOC3CCCC3)cn2n1. The summed E-state index contributed by atoms with van der Waals surface area (Å²) in [6.07, 6.45) is 9.56. The summed E-state index contributed by atoms with van der Waals surface area (Å²) in [4.78, 5) is 4.39. The molecule has 1 saturated carbocycles. The Morgan fingerprint density at radius 2 is 2.25 bits per heavy atom. The van der Waals surface area contributed by atoms with Gasteiger partial charge in [0.25, 0.3) is 0 Å². The van der Waals surface area contributed by atoms with Crippen LogP contribution in [-0.4, -0.2) is 33.9 Å². The van der Waals surface area contributed by atoms with Gasteiger partial charge in [-0.25, -0.2) is 9.50 Å². The molecule has 0 atom stereocenters. The zero-order valence-electron chi connectivity index (χ0n) is 12.0. The second-order valence-electron chi connectivity index (χ2n) is 5.50. The number of aromatic nitrogens is 3. The monoisotopic (exact) mass is 274 g/mol. The van der Waals surface area contributed by atoms with Gasteiger partial charge in [-0.1, -0.05) is 12.8 Å². The van der Waals surface area contributed by atoms with Gasteiger partial charge >= 0.3 is 0 Å². The van der Waals surface area contributed by atoms with E-state index in [2.05, 4.69) is 15.4 Å². The van der Waals surface area contributed by atoms with Crippen LogP contribution >= 0.6 is 0 Å². The van der Waals surface area contributed by atoms with Gasteiger partial charge in [-0.05, 0) is 19.8 Å². The number of fused-ring (bicyclic) bond motifs is 1. The van der Waals surface area contributed by atoms with E-state index in [0.717, 1.165) is 36.6 Å². The molecule has 0 bridgehead atoms. The van der Waals surface area contributed by atoms with Crippen molar-refractivity contribution in [3.8, 4) is 0 Å². The summed E-state index contributed by atoms with van der Waals surface area (Å²) in [5, 5.41) is 7.76. The Morgan fingerprint density at radius 3 is 3.10 bits per heavy atom. The van der Waals surface area contributed by atoms with Crippen molar-refractivity contribution in [3.05, 3.63) is 29.7 Å². The average molecular weight is 274 g/mol. The molecular weight excluding hydrogens is 252 g/mol. The van der Waals surface area contributed by atoms with Gasteiger partial charge in [0.2, 0.25) is 0 Å². The number of rotatable bonds is 6. The highest BCUT2D eigenvalue weighted by molar-refractivity contribution is 5.38. The van der Waals surface area contributed by atoms with Crippen LogP contribution in [0.25, 0.3) is 5.65 Å². The van der Waals surface area contributed by atoms with Crippen molar-refractivity contribution in [1.29, 1.82) is 0 Å². The van der Waals surface area contributed by atoms with Crippen LogP contribution in [0.2, 0.25) is 0 Å². The molecule has 20 heavy (non-hydrogen) atoms. The van der Waals surface area contributed by atoms with E-state index in [1.54, 1.807) is 0 Å². The second kappa shape index (κ2) is 6.33. The van der Waals surface area contributed by atoms with Crippen LogP contribution in [0.1, 0.15) is 36.9 Å². The molecule has 1 aliphatic rings. The third kappa shape index (κ3) is 3.35. The van der Waals surface area contributed by atoms with Gasteiger partial charge in [0, 0.05) is 37.1 Å². The van der Waals surface area contributed by atoms with Crippen LogP contribution < -0.4 is 5.32 Å². The predicted molar refractivity (Wildman–Crippen MR) is 77.6 cm³/mol. The Morgan fingerprint density at radius 1 is 1.40 bits per heavy atom. The van der Waals surface area contributed by atoms with Gasteiger partial charge in [0.15, 0.2) is 5.65 Å². The van der Waals surface area contributed by atoms with Crippen molar-refractivity contribution in [2.45, 2.75) is 45.3 Å². The fourth-order valence-corrected chi connectivity index (χ4v) is 2.71. The van der Waals surface area contributed by atoms with Crippen LogP contribution in [-0.2, 0) is 11.3 Å². The fraction of sp³-hybridized carbons (Fsp3) is 0.600. The molecule has 1 N–H and O–H groups in total. The van der Waals surface area contributed by atoms with E-state index in [0.29, 0.717) is 6.10 Å². The molecule has 2 aromatic rings. The summed E-state index contributed by atoms with van der Waals surface area (Å²) in [6.45, 7) is 4.46. The van der Waals surface area contributed by atoms with Crippen LogP contribution in [0.4, 0.5) is 0 Å². The summed E-state index contributed by atoms with van der Waals surface area (Å²) in [6, 6.07) is 1.98. The molecule has 2 aromatic heterocycles. The van der Waals surface area contributed by atoms with Crippen LogP contribution in [0, 0.1) is 6.92 Å². The number of hydrogen-bond acceptors (Lipinski definition) is 4. The number of aryl methyl sites for hydroxylation is 1. The van der Waals surface area contributed by atoms with Gasteiger partial charge in [-0.15, -0.1) is 0 Å². The van der Waals surface area contributed by atoms with Crippen molar-refractivity contribution >= 4 is 5.65 Å². The van der Waals surface area contributed by atoms with Gasteiger partial charge in [-0.3, -0.25) is 0 Å². The Balaban J connectivity index is 1.42. The standard InChI is InChI=1S/C15H22N4O/c1-12-8-15-17-10-13(11-19(15)18-12)9-16-6-7-20-14-4-2-3-5-14/h8,10-11,14,16H,2-7,9H2,1H3. The minimum absolute atomic E-state index is 0.502. The van der Waals surface area contributed by atoms with E-state index >= 15 is 0 Å². The lowest BCUT2D eigenvalue weighted by Crippen LogP contribution is -2.22. The minimum atomic E-state index is 0.502. The molecule has 1 aliphatic carbocycles. The number of hydrogen-bond donors (Lipinski definition) is 1. The van der Waals surface area contributed by atoms with Crippen molar-refractivity contribution in [2.24, 2.45) is 0 Å². The Labute approximate surface area is 119 Å². The fourth-order valence-electron chi connectivity index (χ4n) is 2.71. The summed E-state index contributed by atoms with van der Waals surface area (Å²) in [5.74, 6) is 0. The zero-order valence-corrected chi connectivity index (χ0v) is 12.0. The molecule has 2 heterocycles. The lowest BCUT2D eigenvalue weighted by Gasteiger charge is -2.11. The molecule has 0 saturated heterocycles. The summed E-state index contributed by atoms with van der Waals surface area (Å²) < 4.78 is 7.65. The molecular formula is C15H22N4O. The number of nitrogens with one attached hydrogen (secondary N) is 1. The molecule has 0 amide bonds. The third-order valence-corrected chi connectivity index (χ3v) is 3.75. The van der Waals surface area contributed by atoms with E-state index in [1.807, 2.05) is 29.9 Å². The topological polar surface area (TPSA) is 51.5 Å². The lowest BCUT2D eigenvalue weighted by atomic mass is 10.3. The zero-order chi connectivity index (χ0) is 13.8. The van der Waals surface area contributed by atoms with Crippen molar-refractivity contribution in [1.82, 2.24) is 19.9 Å². The molecule has 5 heteroatoms. The molecule has 1 fully saturated rings. The maximum atomic E-state index is 5.82. The smallest absolute Gasteiger partial charge is 0.155 e. The quantitative estimate of drug-likeness (QED) is 0.820. The largest absolute Gasteiger partial charge is 0.377 e. The summed E-state index contributed by atoms with van der Waals surface area (Å²) in [7, 11) is 0. The first kappa shape index (κ1) is 13.5. The third-order valence-electron chi connectivity index (χ3n) is 3.75. The average Bonchev–Trinajstić information content (AvgIpc) is 3.06. The van der Waals surface area contributed by atoms with Crippen LogP contribution in [0.15, 0.2) is 18.5 Å². The molecule has 0 aromatic carbocycles. The highest BCUT2D eigenvalue weighted by Gasteiger charge is 2.14. The molecule has 0 spiro atoms.